The van der Waals surface area contributed by atoms with Gasteiger partial charge in [0, 0.05) is 19.0 Å². The second kappa shape index (κ2) is 9.44. The van der Waals surface area contributed by atoms with E-state index in [0.717, 1.165) is 23.3 Å². The molecule has 33 heavy (non-hydrogen) atoms. The second-order valence-corrected chi connectivity index (χ2v) is 9.56. The molecule has 9 heteroatoms. The summed E-state index contributed by atoms with van der Waals surface area (Å²) in [7, 11) is -3.87. The summed E-state index contributed by atoms with van der Waals surface area (Å²) in [6, 6.07) is 24.6. The molecule has 3 aromatic carbocycles. The van der Waals surface area contributed by atoms with E-state index in [1.807, 2.05) is 36.4 Å². The Bertz CT molecular complexity index is 1120. The number of benzene rings is 3. The van der Waals surface area contributed by atoms with E-state index in [4.69, 9.17) is 0 Å². The van der Waals surface area contributed by atoms with Gasteiger partial charge in [0.05, 0.1) is 5.69 Å². The summed E-state index contributed by atoms with van der Waals surface area (Å²) in [5, 5.41) is 0. The fourth-order valence-electron chi connectivity index (χ4n) is 4.24. The third-order valence-electron chi connectivity index (χ3n) is 5.65. The number of nitrogens with one attached hydrogen (secondary N) is 1. The third kappa shape index (κ3) is 5.85. The highest BCUT2D eigenvalue weighted by atomic mass is 32.2. The van der Waals surface area contributed by atoms with Gasteiger partial charge in [0.25, 0.3) is 0 Å². The van der Waals surface area contributed by atoms with Gasteiger partial charge in [-0.3, -0.25) is 4.72 Å². The monoisotopic (exact) mass is 476 g/mol. The van der Waals surface area contributed by atoms with E-state index >= 15 is 0 Å². The van der Waals surface area contributed by atoms with Crippen molar-refractivity contribution in [2.75, 3.05) is 17.8 Å². The van der Waals surface area contributed by atoms with Crippen LogP contribution >= 0.6 is 0 Å². The molecule has 1 aliphatic heterocycles. The van der Waals surface area contributed by atoms with Gasteiger partial charge in [-0.25, -0.2) is 0 Å². The lowest BCUT2D eigenvalue weighted by Gasteiger charge is -2.25. The van der Waals surface area contributed by atoms with E-state index in [1.165, 1.54) is 16.4 Å². The number of hydrogen-bond acceptors (Lipinski definition) is 3. The van der Waals surface area contributed by atoms with Crippen LogP contribution in [-0.2, 0) is 10.2 Å². The number of rotatable bonds is 7. The molecule has 0 saturated carbocycles. The molecule has 1 unspecified atom stereocenters. The maximum atomic E-state index is 13.0. The quantitative estimate of drug-likeness (QED) is 0.497. The first-order valence-electron chi connectivity index (χ1n) is 10.4. The van der Waals surface area contributed by atoms with Crippen molar-refractivity contribution in [1.29, 1.82) is 0 Å². The first-order chi connectivity index (χ1) is 15.7. The number of halogens is 3. The van der Waals surface area contributed by atoms with Crippen LogP contribution in [0.5, 0.6) is 5.75 Å². The Morgan fingerprint density at radius 2 is 1.42 bits per heavy atom. The highest BCUT2D eigenvalue weighted by Gasteiger charge is 2.37. The van der Waals surface area contributed by atoms with Crippen LogP contribution in [0.25, 0.3) is 0 Å². The molecule has 1 N–H and O–H groups in total. The van der Waals surface area contributed by atoms with E-state index in [2.05, 4.69) is 33.7 Å². The van der Waals surface area contributed by atoms with Crippen molar-refractivity contribution in [1.82, 2.24) is 4.31 Å². The molecule has 0 spiro atoms. The van der Waals surface area contributed by atoms with Crippen molar-refractivity contribution in [2.45, 2.75) is 18.7 Å². The van der Waals surface area contributed by atoms with Crippen LogP contribution in [-0.4, -0.2) is 32.2 Å². The first-order valence-corrected chi connectivity index (χ1v) is 11.9. The third-order valence-corrected chi connectivity index (χ3v) is 7.16. The molecule has 0 aromatic heterocycles. The van der Waals surface area contributed by atoms with E-state index < -0.39 is 22.3 Å². The molecule has 174 valence electrons. The van der Waals surface area contributed by atoms with E-state index in [0.29, 0.717) is 19.5 Å². The SMILES string of the molecule is O=S(=O)(Nc1ccc(OC(F)(F)F)cc1)N1CCC(C(c2ccccc2)c2ccccc2)C1. The number of hydrogen-bond donors (Lipinski definition) is 1. The number of nitrogens with zero attached hydrogens (tertiary/aromatic N) is 1. The zero-order valence-corrected chi connectivity index (χ0v) is 18.4. The lowest BCUT2D eigenvalue weighted by atomic mass is 9.80. The molecule has 1 fully saturated rings. The Hall–Kier alpha value is -3.04. The predicted octanol–water partition coefficient (Wildman–Crippen LogP) is 5.40. The van der Waals surface area contributed by atoms with Crippen LogP contribution in [0.4, 0.5) is 18.9 Å². The molecule has 0 radical (unpaired) electrons. The molecule has 1 atom stereocenters. The summed E-state index contributed by atoms with van der Waals surface area (Å²) >= 11 is 0. The van der Waals surface area contributed by atoms with Crippen molar-refractivity contribution < 1.29 is 26.3 Å². The normalized spacial score (nSPS) is 17.3. The Balaban J connectivity index is 1.48. The van der Waals surface area contributed by atoms with Crippen LogP contribution in [0.3, 0.4) is 0 Å². The van der Waals surface area contributed by atoms with Crippen molar-refractivity contribution in [3.8, 4) is 5.75 Å². The van der Waals surface area contributed by atoms with Crippen molar-refractivity contribution in [2.24, 2.45) is 5.92 Å². The maximum absolute atomic E-state index is 13.0. The average molecular weight is 477 g/mol. The number of ether oxygens (including phenoxy) is 1. The molecular weight excluding hydrogens is 453 g/mol. The first kappa shape index (κ1) is 23.1. The molecule has 1 heterocycles. The number of alkyl halides is 3. The van der Waals surface area contributed by atoms with Crippen molar-refractivity contribution >= 4 is 15.9 Å². The van der Waals surface area contributed by atoms with Gasteiger partial charge in [0.1, 0.15) is 5.75 Å². The van der Waals surface area contributed by atoms with Gasteiger partial charge in [0.15, 0.2) is 0 Å². The maximum Gasteiger partial charge on any atom is 0.573 e. The minimum Gasteiger partial charge on any atom is -0.406 e. The molecule has 3 aromatic rings. The molecular formula is C24H23F3N2O3S. The van der Waals surface area contributed by atoms with Gasteiger partial charge >= 0.3 is 16.6 Å². The molecule has 0 bridgehead atoms. The van der Waals surface area contributed by atoms with Crippen LogP contribution < -0.4 is 9.46 Å². The zero-order valence-electron chi connectivity index (χ0n) is 17.6. The lowest BCUT2D eigenvalue weighted by Crippen LogP contribution is -2.34. The van der Waals surface area contributed by atoms with Gasteiger partial charge in [0.2, 0.25) is 0 Å². The molecule has 0 aliphatic carbocycles. The van der Waals surface area contributed by atoms with Crippen molar-refractivity contribution in [3.63, 3.8) is 0 Å². The van der Waals surface area contributed by atoms with E-state index in [1.54, 1.807) is 0 Å². The second-order valence-electron chi connectivity index (χ2n) is 7.89. The highest BCUT2D eigenvalue weighted by molar-refractivity contribution is 7.90. The summed E-state index contributed by atoms with van der Waals surface area (Å²) in [6.45, 7) is 0.685. The summed E-state index contributed by atoms with van der Waals surface area (Å²) in [5.41, 5.74) is 2.41. The molecule has 4 rings (SSSR count). The van der Waals surface area contributed by atoms with Crippen LogP contribution in [0.15, 0.2) is 84.9 Å². The largest absolute Gasteiger partial charge is 0.573 e. The predicted molar refractivity (Wildman–Crippen MR) is 120 cm³/mol. The fraction of sp³-hybridized carbons (Fsp3) is 0.250. The van der Waals surface area contributed by atoms with Crippen LogP contribution in [0, 0.1) is 5.92 Å². The topological polar surface area (TPSA) is 58.6 Å². The van der Waals surface area contributed by atoms with Gasteiger partial charge in [-0.1, -0.05) is 60.7 Å². The average Bonchev–Trinajstić information content (AvgIpc) is 3.27. The minimum atomic E-state index is -4.81. The number of anilines is 1. The van der Waals surface area contributed by atoms with Crippen LogP contribution in [0.1, 0.15) is 23.5 Å². The molecule has 1 saturated heterocycles. The van der Waals surface area contributed by atoms with Gasteiger partial charge < -0.3 is 4.74 Å². The van der Waals surface area contributed by atoms with Crippen molar-refractivity contribution in [3.05, 3.63) is 96.1 Å². The van der Waals surface area contributed by atoms with E-state index in [-0.39, 0.29) is 17.5 Å². The van der Waals surface area contributed by atoms with Crippen LogP contribution in [0.2, 0.25) is 0 Å². The summed E-state index contributed by atoms with van der Waals surface area (Å²) in [6.07, 6.45) is -4.12. The van der Waals surface area contributed by atoms with Gasteiger partial charge in [-0.05, 0) is 47.7 Å². The summed E-state index contributed by atoms with van der Waals surface area (Å²) in [4.78, 5) is 0. The fourth-order valence-corrected chi connectivity index (χ4v) is 5.54. The smallest absolute Gasteiger partial charge is 0.406 e. The standard InChI is InChI=1S/C24H23F3N2O3S/c25-24(26,27)32-22-13-11-21(12-14-22)28-33(30,31)29-16-15-20(17-29)23(18-7-3-1-4-8-18)19-9-5-2-6-10-19/h1-14,20,23,28H,15-17H2. The van der Waals surface area contributed by atoms with E-state index in [9.17, 15) is 21.6 Å². The summed E-state index contributed by atoms with van der Waals surface area (Å²) < 4.78 is 70.6. The lowest BCUT2D eigenvalue weighted by molar-refractivity contribution is -0.274. The zero-order chi connectivity index (χ0) is 23.5. The van der Waals surface area contributed by atoms with Gasteiger partial charge in [-0.2, -0.15) is 12.7 Å². The molecule has 1 aliphatic rings. The Kier molecular flexibility index (Phi) is 6.62. The minimum absolute atomic E-state index is 0.0476. The highest BCUT2D eigenvalue weighted by Crippen LogP contribution is 2.38. The van der Waals surface area contributed by atoms with Gasteiger partial charge in [-0.15, -0.1) is 13.2 Å². The Morgan fingerprint density at radius 3 is 1.94 bits per heavy atom. The Morgan fingerprint density at radius 1 is 0.879 bits per heavy atom. The molecule has 0 amide bonds. The summed E-state index contributed by atoms with van der Waals surface area (Å²) in [5.74, 6) is -0.291. The Labute approximate surface area is 191 Å². The molecule has 5 nitrogen and oxygen atoms in total.